The molecule has 1 amide bonds. The fourth-order valence-corrected chi connectivity index (χ4v) is 3.58. The number of nitrogens with zero attached hydrogens (tertiary/aromatic N) is 1. The first kappa shape index (κ1) is 18.4. The highest BCUT2D eigenvalue weighted by Gasteiger charge is 2.39. The van der Waals surface area contributed by atoms with Crippen molar-refractivity contribution in [3.63, 3.8) is 0 Å². The summed E-state index contributed by atoms with van der Waals surface area (Å²) in [6.07, 6.45) is 5.80. The number of nitrogens with two attached hydrogens (primary N) is 1. The number of carbonyl (C=O) groups excluding carboxylic acids is 1. The number of hydrogen-bond donors (Lipinski definition) is 2. The van der Waals surface area contributed by atoms with Crippen molar-refractivity contribution in [3.8, 4) is 0 Å². The molecular weight excluding hydrogens is 262 g/mol. The van der Waals surface area contributed by atoms with Crippen molar-refractivity contribution in [2.45, 2.75) is 65.3 Å². The van der Waals surface area contributed by atoms with Crippen LogP contribution in [0, 0.1) is 11.8 Å². The molecule has 1 rings (SSSR count). The van der Waals surface area contributed by atoms with Crippen LogP contribution >= 0.6 is 0 Å². The molecule has 1 aliphatic rings. The minimum atomic E-state index is 0.0296. The molecule has 0 aromatic rings. The monoisotopic (exact) mass is 297 g/mol. The predicted molar refractivity (Wildman–Crippen MR) is 89.1 cm³/mol. The third kappa shape index (κ3) is 5.59. The summed E-state index contributed by atoms with van der Waals surface area (Å²) < 4.78 is 0. The molecule has 0 saturated heterocycles. The molecule has 0 aliphatic heterocycles. The fraction of sp³-hybridized carbons (Fsp3) is 0.941. The van der Waals surface area contributed by atoms with Crippen LogP contribution in [0.1, 0.15) is 59.8 Å². The lowest BCUT2D eigenvalue weighted by atomic mass is 9.75. The Morgan fingerprint density at radius 1 is 1.48 bits per heavy atom. The van der Waals surface area contributed by atoms with Gasteiger partial charge < -0.3 is 11.1 Å². The molecule has 0 bridgehead atoms. The summed E-state index contributed by atoms with van der Waals surface area (Å²) in [6, 6.07) is 0. The first-order chi connectivity index (χ1) is 9.93. The van der Waals surface area contributed by atoms with E-state index in [1.54, 1.807) is 0 Å². The summed E-state index contributed by atoms with van der Waals surface area (Å²) in [5, 5.41) is 3.05. The molecule has 21 heavy (non-hydrogen) atoms. The Morgan fingerprint density at radius 2 is 2.19 bits per heavy atom. The van der Waals surface area contributed by atoms with Gasteiger partial charge in [-0.05, 0) is 37.6 Å². The SMILES string of the molecule is CCN(CC(=O)NCCC(C)C)C1(CN)CCCC(C)C1. The van der Waals surface area contributed by atoms with Gasteiger partial charge in [0.25, 0.3) is 0 Å². The summed E-state index contributed by atoms with van der Waals surface area (Å²) in [6.45, 7) is 11.6. The molecular formula is C17H35N3O. The molecule has 1 saturated carbocycles. The van der Waals surface area contributed by atoms with E-state index in [4.69, 9.17) is 5.73 Å². The van der Waals surface area contributed by atoms with Crippen molar-refractivity contribution in [1.82, 2.24) is 10.2 Å². The van der Waals surface area contributed by atoms with E-state index in [0.717, 1.165) is 32.4 Å². The summed E-state index contributed by atoms with van der Waals surface area (Å²) in [5.74, 6) is 1.48. The van der Waals surface area contributed by atoms with Gasteiger partial charge in [0.05, 0.1) is 6.54 Å². The lowest BCUT2D eigenvalue weighted by molar-refractivity contribution is -0.124. The summed E-state index contributed by atoms with van der Waals surface area (Å²) >= 11 is 0. The third-order valence-electron chi connectivity index (χ3n) is 4.88. The van der Waals surface area contributed by atoms with Crippen molar-refractivity contribution in [2.75, 3.05) is 26.2 Å². The van der Waals surface area contributed by atoms with Crippen molar-refractivity contribution in [2.24, 2.45) is 17.6 Å². The normalized spacial score (nSPS) is 26.3. The lowest BCUT2D eigenvalue weighted by Gasteiger charge is -2.47. The van der Waals surface area contributed by atoms with E-state index >= 15 is 0 Å². The van der Waals surface area contributed by atoms with E-state index in [0.29, 0.717) is 24.9 Å². The second kappa shape index (κ2) is 8.74. The molecule has 3 N–H and O–H groups in total. The average molecular weight is 297 g/mol. The second-order valence-corrected chi connectivity index (χ2v) is 7.18. The topological polar surface area (TPSA) is 58.4 Å². The van der Waals surface area contributed by atoms with E-state index in [-0.39, 0.29) is 11.4 Å². The second-order valence-electron chi connectivity index (χ2n) is 7.18. The van der Waals surface area contributed by atoms with Crippen LogP contribution < -0.4 is 11.1 Å². The van der Waals surface area contributed by atoms with Gasteiger partial charge in [-0.2, -0.15) is 0 Å². The molecule has 2 atom stereocenters. The average Bonchev–Trinajstić information content (AvgIpc) is 2.44. The Kier molecular flexibility index (Phi) is 7.67. The highest BCUT2D eigenvalue weighted by Crippen LogP contribution is 2.36. The van der Waals surface area contributed by atoms with Crippen molar-refractivity contribution in [1.29, 1.82) is 0 Å². The first-order valence-corrected chi connectivity index (χ1v) is 8.65. The van der Waals surface area contributed by atoms with Crippen LogP contribution in [0.2, 0.25) is 0 Å². The van der Waals surface area contributed by atoms with Gasteiger partial charge in [0.1, 0.15) is 0 Å². The maximum atomic E-state index is 12.2. The minimum Gasteiger partial charge on any atom is -0.355 e. The molecule has 0 aromatic heterocycles. The van der Waals surface area contributed by atoms with Crippen molar-refractivity contribution < 1.29 is 4.79 Å². The largest absolute Gasteiger partial charge is 0.355 e. The summed E-state index contributed by atoms with van der Waals surface area (Å²) in [5.41, 5.74) is 6.15. The predicted octanol–water partition coefficient (Wildman–Crippen LogP) is 2.38. The maximum absolute atomic E-state index is 12.2. The number of carbonyl (C=O) groups is 1. The van der Waals surface area contributed by atoms with Crippen LogP contribution in [-0.2, 0) is 4.79 Å². The van der Waals surface area contributed by atoms with Gasteiger partial charge >= 0.3 is 0 Å². The molecule has 124 valence electrons. The van der Waals surface area contributed by atoms with E-state index in [9.17, 15) is 4.79 Å². The van der Waals surface area contributed by atoms with Gasteiger partial charge in [0.2, 0.25) is 5.91 Å². The Bertz CT molecular complexity index is 319. The van der Waals surface area contributed by atoms with Crippen molar-refractivity contribution in [3.05, 3.63) is 0 Å². The van der Waals surface area contributed by atoms with Gasteiger partial charge in [0, 0.05) is 18.6 Å². The zero-order valence-corrected chi connectivity index (χ0v) is 14.5. The number of likely N-dealkylation sites (N-methyl/N-ethyl adjacent to an activating group) is 1. The van der Waals surface area contributed by atoms with Gasteiger partial charge in [-0.1, -0.05) is 40.5 Å². The smallest absolute Gasteiger partial charge is 0.234 e. The molecule has 0 spiro atoms. The molecule has 4 nitrogen and oxygen atoms in total. The fourth-order valence-electron chi connectivity index (χ4n) is 3.58. The molecule has 0 aromatic carbocycles. The molecule has 1 fully saturated rings. The van der Waals surface area contributed by atoms with Gasteiger partial charge in [-0.25, -0.2) is 0 Å². The van der Waals surface area contributed by atoms with Crippen LogP contribution in [0.4, 0.5) is 0 Å². The zero-order chi connectivity index (χ0) is 15.9. The third-order valence-corrected chi connectivity index (χ3v) is 4.88. The van der Waals surface area contributed by atoms with Crippen LogP contribution in [0.25, 0.3) is 0 Å². The van der Waals surface area contributed by atoms with E-state index in [1.807, 2.05) is 0 Å². The van der Waals surface area contributed by atoms with Gasteiger partial charge in [-0.3, -0.25) is 9.69 Å². The number of amides is 1. The molecule has 2 unspecified atom stereocenters. The van der Waals surface area contributed by atoms with Crippen LogP contribution in [0.5, 0.6) is 0 Å². The van der Waals surface area contributed by atoms with E-state index in [2.05, 4.69) is 37.9 Å². The Morgan fingerprint density at radius 3 is 2.71 bits per heavy atom. The van der Waals surface area contributed by atoms with Gasteiger partial charge in [-0.15, -0.1) is 0 Å². The molecule has 0 radical (unpaired) electrons. The molecule has 1 aliphatic carbocycles. The van der Waals surface area contributed by atoms with Crippen molar-refractivity contribution >= 4 is 5.91 Å². The van der Waals surface area contributed by atoms with E-state index < -0.39 is 0 Å². The lowest BCUT2D eigenvalue weighted by Crippen LogP contribution is -2.58. The zero-order valence-electron chi connectivity index (χ0n) is 14.5. The van der Waals surface area contributed by atoms with Crippen LogP contribution in [-0.4, -0.2) is 42.5 Å². The standard InChI is InChI=1S/C17H35N3O/c1-5-20(12-16(21)19-10-8-14(2)3)17(13-18)9-6-7-15(4)11-17/h14-15H,5-13,18H2,1-4H3,(H,19,21). The number of nitrogens with one attached hydrogen (secondary N) is 1. The van der Waals surface area contributed by atoms with Crippen LogP contribution in [0.15, 0.2) is 0 Å². The van der Waals surface area contributed by atoms with Crippen LogP contribution in [0.3, 0.4) is 0 Å². The Balaban J connectivity index is 2.57. The summed E-state index contributed by atoms with van der Waals surface area (Å²) in [7, 11) is 0. The van der Waals surface area contributed by atoms with E-state index in [1.165, 1.54) is 12.8 Å². The Hall–Kier alpha value is -0.610. The highest BCUT2D eigenvalue weighted by atomic mass is 16.2. The molecule has 0 heterocycles. The highest BCUT2D eigenvalue weighted by molar-refractivity contribution is 5.78. The number of rotatable bonds is 8. The Labute approximate surface area is 130 Å². The summed E-state index contributed by atoms with van der Waals surface area (Å²) in [4.78, 5) is 14.5. The minimum absolute atomic E-state index is 0.0296. The number of hydrogen-bond acceptors (Lipinski definition) is 3. The van der Waals surface area contributed by atoms with Gasteiger partial charge in [0.15, 0.2) is 0 Å². The first-order valence-electron chi connectivity index (χ1n) is 8.65. The molecule has 4 heteroatoms. The maximum Gasteiger partial charge on any atom is 0.234 e. The quantitative estimate of drug-likeness (QED) is 0.723.